The quantitative estimate of drug-likeness (QED) is 0.451. The predicted molar refractivity (Wildman–Crippen MR) is 54.2 cm³/mol. The number of aromatic nitrogens is 1. The number of hydrogen-bond donors (Lipinski definition) is 1. The first kappa shape index (κ1) is 10.2. The van der Waals surface area contributed by atoms with Crippen molar-refractivity contribution < 1.29 is 4.92 Å². The molecule has 0 bridgehead atoms. The van der Waals surface area contributed by atoms with Gasteiger partial charge in [-0.3, -0.25) is 10.1 Å². The summed E-state index contributed by atoms with van der Waals surface area (Å²) in [4.78, 5) is 14.0. The van der Waals surface area contributed by atoms with E-state index in [1.54, 1.807) is 6.07 Å². The molecule has 0 aliphatic rings. The molecular weight excluding hydrogens is 182 g/mol. The van der Waals surface area contributed by atoms with Gasteiger partial charge in [-0.05, 0) is 13.0 Å². The average molecular weight is 193 g/mol. The van der Waals surface area contributed by atoms with E-state index in [9.17, 15) is 10.1 Å². The van der Waals surface area contributed by atoms with Crippen LogP contribution in [0.1, 0.15) is 6.92 Å². The Labute approximate surface area is 81.6 Å². The summed E-state index contributed by atoms with van der Waals surface area (Å²) in [6.07, 6.45) is 5.24. The normalized spacial score (nSPS) is 10.4. The van der Waals surface area contributed by atoms with Crippen LogP contribution in [0, 0.1) is 10.1 Å². The van der Waals surface area contributed by atoms with Crippen molar-refractivity contribution in [2.24, 2.45) is 0 Å². The third-order valence-electron chi connectivity index (χ3n) is 1.61. The van der Waals surface area contributed by atoms with Gasteiger partial charge in [0.15, 0.2) is 0 Å². The van der Waals surface area contributed by atoms with E-state index in [0.717, 1.165) is 0 Å². The van der Waals surface area contributed by atoms with Crippen LogP contribution in [0.25, 0.3) is 0 Å². The molecule has 74 valence electrons. The minimum Gasteiger partial charge on any atom is -0.361 e. The van der Waals surface area contributed by atoms with Gasteiger partial charge in [0.2, 0.25) is 5.82 Å². The number of nitrogens with zero attached hydrogens (tertiary/aromatic N) is 2. The standard InChI is InChI=1S/C9H11N3O2/c1-2-3-6-10-9-8(12(13)14)5-4-7-11-9/h2-5,7H,6H2,1H3,(H,10,11)/b3-2+. The molecule has 0 aromatic carbocycles. The van der Waals surface area contributed by atoms with Gasteiger partial charge in [-0.2, -0.15) is 0 Å². The minimum atomic E-state index is -0.453. The summed E-state index contributed by atoms with van der Waals surface area (Å²) >= 11 is 0. The van der Waals surface area contributed by atoms with E-state index in [0.29, 0.717) is 12.4 Å². The molecule has 1 aromatic heterocycles. The second-order valence-electron chi connectivity index (χ2n) is 2.58. The average Bonchev–Trinajstić information content (AvgIpc) is 2.19. The van der Waals surface area contributed by atoms with E-state index in [1.165, 1.54) is 12.3 Å². The van der Waals surface area contributed by atoms with E-state index in [4.69, 9.17) is 0 Å². The molecular formula is C9H11N3O2. The van der Waals surface area contributed by atoms with E-state index in [1.807, 2.05) is 19.1 Å². The summed E-state index contributed by atoms with van der Waals surface area (Å²) in [5, 5.41) is 13.4. The fourth-order valence-corrected chi connectivity index (χ4v) is 0.954. The maximum absolute atomic E-state index is 10.6. The van der Waals surface area contributed by atoms with E-state index >= 15 is 0 Å². The van der Waals surface area contributed by atoms with Crippen LogP contribution in [0.15, 0.2) is 30.5 Å². The fourth-order valence-electron chi connectivity index (χ4n) is 0.954. The van der Waals surface area contributed by atoms with Gasteiger partial charge in [0, 0.05) is 18.8 Å². The first-order valence-electron chi connectivity index (χ1n) is 4.20. The summed E-state index contributed by atoms with van der Waals surface area (Å²) in [6, 6.07) is 2.96. The Bertz CT molecular complexity index is 350. The summed E-state index contributed by atoms with van der Waals surface area (Å²) in [5.41, 5.74) is -0.00277. The van der Waals surface area contributed by atoms with Crippen molar-refractivity contribution in [3.8, 4) is 0 Å². The molecule has 0 spiro atoms. The number of hydrogen-bond acceptors (Lipinski definition) is 4. The third-order valence-corrected chi connectivity index (χ3v) is 1.61. The van der Waals surface area contributed by atoms with Gasteiger partial charge in [0.05, 0.1) is 4.92 Å². The minimum absolute atomic E-state index is 0.00277. The van der Waals surface area contributed by atoms with E-state index < -0.39 is 4.92 Å². The molecule has 0 fully saturated rings. The molecule has 1 heterocycles. The molecule has 0 saturated carbocycles. The zero-order chi connectivity index (χ0) is 10.4. The number of rotatable bonds is 4. The first-order valence-corrected chi connectivity index (χ1v) is 4.20. The second kappa shape index (κ2) is 4.96. The summed E-state index contributed by atoms with van der Waals surface area (Å²) < 4.78 is 0. The molecule has 0 aliphatic heterocycles. The number of nitrogens with one attached hydrogen (secondary N) is 1. The summed E-state index contributed by atoms with van der Waals surface area (Å²) in [5.74, 6) is 0.301. The molecule has 0 aliphatic carbocycles. The van der Waals surface area contributed by atoms with Crippen molar-refractivity contribution in [1.29, 1.82) is 0 Å². The maximum Gasteiger partial charge on any atom is 0.311 e. The molecule has 0 unspecified atom stereocenters. The molecule has 0 radical (unpaired) electrons. The molecule has 1 rings (SSSR count). The van der Waals surface area contributed by atoms with Gasteiger partial charge in [-0.25, -0.2) is 4.98 Å². The zero-order valence-electron chi connectivity index (χ0n) is 7.80. The molecule has 0 saturated heterocycles. The van der Waals surface area contributed by atoms with Crippen LogP contribution >= 0.6 is 0 Å². The number of pyridine rings is 1. The van der Waals surface area contributed by atoms with E-state index in [-0.39, 0.29) is 5.69 Å². The van der Waals surface area contributed by atoms with E-state index in [2.05, 4.69) is 10.3 Å². The number of anilines is 1. The Kier molecular flexibility index (Phi) is 3.60. The molecule has 1 N–H and O–H groups in total. The highest BCUT2D eigenvalue weighted by molar-refractivity contribution is 5.55. The SMILES string of the molecule is C/C=C/CNc1ncccc1[N+](=O)[O-]. The molecule has 5 nitrogen and oxygen atoms in total. The molecule has 14 heavy (non-hydrogen) atoms. The predicted octanol–water partition coefficient (Wildman–Crippen LogP) is 1.98. The third kappa shape index (κ3) is 2.55. The number of nitro groups is 1. The Morgan fingerprint density at radius 3 is 3.14 bits per heavy atom. The highest BCUT2D eigenvalue weighted by atomic mass is 16.6. The largest absolute Gasteiger partial charge is 0.361 e. The monoisotopic (exact) mass is 193 g/mol. The van der Waals surface area contributed by atoms with Crippen LogP contribution in [0.2, 0.25) is 0 Å². The van der Waals surface area contributed by atoms with Gasteiger partial charge in [0.25, 0.3) is 0 Å². The Morgan fingerprint density at radius 2 is 2.50 bits per heavy atom. The van der Waals surface area contributed by atoms with Crippen molar-refractivity contribution in [2.45, 2.75) is 6.92 Å². The van der Waals surface area contributed by atoms with Crippen molar-refractivity contribution in [2.75, 3.05) is 11.9 Å². The molecule has 0 amide bonds. The molecule has 5 heteroatoms. The highest BCUT2D eigenvalue weighted by Gasteiger charge is 2.12. The summed E-state index contributed by atoms with van der Waals surface area (Å²) in [6.45, 7) is 2.42. The van der Waals surface area contributed by atoms with Crippen LogP contribution in [0.3, 0.4) is 0 Å². The van der Waals surface area contributed by atoms with Gasteiger partial charge in [-0.1, -0.05) is 12.2 Å². The van der Waals surface area contributed by atoms with Gasteiger partial charge < -0.3 is 5.32 Å². The Balaban J connectivity index is 2.79. The number of allylic oxidation sites excluding steroid dienone is 1. The van der Waals surface area contributed by atoms with Gasteiger partial charge in [-0.15, -0.1) is 0 Å². The van der Waals surface area contributed by atoms with Crippen molar-refractivity contribution in [3.63, 3.8) is 0 Å². The highest BCUT2D eigenvalue weighted by Crippen LogP contribution is 2.19. The van der Waals surface area contributed by atoms with Crippen LogP contribution in [0.5, 0.6) is 0 Å². The van der Waals surface area contributed by atoms with Crippen molar-refractivity contribution >= 4 is 11.5 Å². The van der Waals surface area contributed by atoms with Crippen LogP contribution in [-0.2, 0) is 0 Å². The molecule has 0 atom stereocenters. The fraction of sp³-hybridized carbons (Fsp3) is 0.222. The molecule has 1 aromatic rings. The lowest BCUT2D eigenvalue weighted by atomic mass is 10.4. The van der Waals surface area contributed by atoms with Crippen molar-refractivity contribution in [1.82, 2.24) is 4.98 Å². The Hall–Kier alpha value is -1.91. The second-order valence-corrected chi connectivity index (χ2v) is 2.58. The smallest absolute Gasteiger partial charge is 0.311 e. The van der Waals surface area contributed by atoms with Crippen LogP contribution in [0.4, 0.5) is 11.5 Å². The lowest BCUT2D eigenvalue weighted by Gasteiger charge is -2.01. The van der Waals surface area contributed by atoms with Crippen molar-refractivity contribution in [3.05, 3.63) is 40.6 Å². The van der Waals surface area contributed by atoms with Gasteiger partial charge in [0.1, 0.15) is 0 Å². The zero-order valence-corrected chi connectivity index (χ0v) is 7.80. The Morgan fingerprint density at radius 1 is 1.71 bits per heavy atom. The summed E-state index contributed by atoms with van der Waals surface area (Å²) in [7, 11) is 0. The maximum atomic E-state index is 10.6. The van der Waals surface area contributed by atoms with Gasteiger partial charge >= 0.3 is 5.69 Å². The first-order chi connectivity index (χ1) is 6.75. The van der Waals surface area contributed by atoms with Crippen LogP contribution in [-0.4, -0.2) is 16.5 Å². The lowest BCUT2D eigenvalue weighted by molar-refractivity contribution is -0.384. The lowest BCUT2D eigenvalue weighted by Crippen LogP contribution is -2.03. The van der Waals surface area contributed by atoms with Crippen LogP contribution < -0.4 is 5.32 Å². The topological polar surface area (TPSA) is 68.1 Å².